The largest absolute Gasteiger partial charge is 0.369 e. The van der Waals surface area contributed by atoms with Crippen LogP contribution in [-0.2, 0) is 4.79 Å². The van der Waals surface area contributed by atoms with E-state index in [9.17, 15) is 4.79 Å². The number of rotatable bonds is 5. The highest BCUT2D eigenvalue weighted by Gasteiger charge is 2.34. The van der Waals surface area contributed by atoms with Crippen LogP contribution in [0.4, 0.5) is 11.4 Å². The van der Waals surface area contributed by atoms with Crippen LogP contribution in [0.1, 0.15) is 19.8 Å². The summed E-state index contributed by atoms with van der Waals surface area (Å²) in [4.78, 5) is 29.8. The maximum absolute atomic E-state index is 12.4. The molecule has 2 aliphatic heterocycles. The van der Waals surface area contributed by atoms with Gasteiger partial charge in [0, 0.05) is 92.5 Å². The molecule has 1 aliphatic carbocycles. The van der Waals surface area contributed by atoms with E-state index in [0.717, 1.165) is 105 Å². The highest BCUT2D eigenvalue weighted by molar-refractivity contribution is 6.33. The van der Waals surface area contributed by atoms with Gasteiger partial charge in [-0.3, -0.25) is 4.79 Å². The van der Waals surface area contributed by atoms with Crippen molar-refractivity contribution < 1.29 is 4.79 Å². The molecule has 8 heteroatoms. The van der Waals surface area contributed by atoms with Gasteiger partial charge in [0.05, 0.1) is 5.02 Å². The summed E-state index contributed by atoms with van der Waals surface area (Å²) in [5.41, 5.74) is 5.19. The Bertz CT molecular complexity index is 1220. The molecule has 3 fully saturated rings. The van der Waals surface area contributed by atoms with E-state index >= 15 is 0 Å². The third kappa shape index (κ3) is 4.47. The second kappa shape index (κ2) is 9.36. The fourth-order valence-electron chi connectivity index (χ4n) is 5.43. The number of hydrogen-bond acceptors (Lipinski definition) is 5. The average molecular weight is 493 g/mol. The van der Waals surface area contributed by atoms with Crippen molar-refractivity contribution in [1.29, 1.82) is 0 Å². The van der Waals surface area contributed by atoms with Gasteiger partial charge in [0.25, 0.3) is 0 Å². The highest BCUT2D eigenvalue weighted by Crippen LogP contribution is 2.36. The SMILES string of the molecule is CCN1CCN(c2ccc(-c3cc4c(N5CCN(C(=O)C6CC6)CC5)ccnc4[nH]3)c(Cl)c2)CC1. The molecular weight excluding hydrogens is 460 g/mol. The third-order valence-electron chi connectivity index (χ3n) is 7.79. The number of aromatic nitrogens is 2. The lowest BCUT2D eigenvalue weighted by Gasteiger charge is -2.36. The zero-order valence-electron chi connectivity index (χ0n) is 20.3. The molecule has 3 aliphatic rings. The molecule has 0 bridgehead atoms. The molecule has 1 N–H and O–H groups in total. The summed E-state index contributed by atoms with van der Waals surface area (Å²) >= 11 is 6.81. The minimum atomic E-state index is 0.290. The van der Waals surface area contributed by atoms with Crippen LogP contribution in [0.5, 0.6) is 0 Å². The van der Waals surface area contributed by atoms with Crippen molar-refractivity contribution in [3.8, 4) is 11.3 Å². The van der Waals surface area contributed by atoms with Gasteiger partial charge in [0.2, 0.25) is 5.91 Å². The molecule has 1 saturated carbocycles. The summed E-state index contributed by atoms with van der Waals surface area (Å²) in [5, 5.41) is 1.85. The number of nitrogens with zero attached hydrogens (tertiary/aromatic N) is 5. The Morgan fingerprint density at radius 2 is 1.74 bits per heavy atom. The monoisotopic (exact) mass is 492 g/mol. The van der Waals surface area contributed by atoms with Gasteiger partial charge >= 0.3 is 0 Å². The number of carbonyl (C=O) groups is 1. The van der Waals surface area contributed by atoms with Crippen molar-refractivity contribution >= 4 is 39.9 Å². The van der Waals surface area contributed by atoms with Crippen LogP contribution in [0.2, 0.25) is 5.02 Å². The van der Waals surface area contributed by atoms with Crippen molar-refractivity contribution in [3.05, 3.63) is 41.6 Å². The van der Waals surface area contributed by atoms with Gasteiger partial charge in [0.15, 0.2) is 0 Å². The Hall–Kier alpha value is -2.77. The number of pyridine rings is 1. The number of nitrogens with one attached hydrogen (secondary N) is 1. The van der Waals surface area contributed by atoms with Gasteiger partial charge in [-0.15, -0.1) is 0 Å². The molecule has 2 saturated heterocycles. The van der Waals surface area contributed by atoms with Crippen molar-refractivity contribution in [2.24, 2.45) is 5.92 Å². The first-order chi connectivity index (χ1) is 17.1. The first-order valence-electron chi connectivity index (χ1n) is 12.9. The number of H-pyrrole nitrogens is 1. The van der Waals surface area contributed by atoms with Gasteiger partial charge in [0.1, 0.15) is 5.65 Å². The van der Waals surface area contributed by atoms with Gasteiger partial charge in [-0.2, -0.15) is 0 Å². The van der Waals surface area contributed by atoms with Crippen LogP contribution in [0.3, 0.4) is 0 Å². The third-order valence-corrected chi connectivity index (χ3v) is 8.11. The van der Waals surface area contributed by atoms with Crippen LogP contribution < -0.4 is 9.80 Å². The molecule has 6 rings (SSSR count). The van der Waals surface area contributed by atoms with Crippen LogP contribution in [0, 0.1) is 5.92 Å². The molecule has 0 spiro atoms. The quantitative estimate of drug-likeness (QED) is 0.581. The van der Waals surface area contributed by atoms with Crippen LogP contribution >= 0.6 is 11.6 Å². The number of carbonyl (C=O) groups excluding carboxylic acids is 1. The van der Waals surface area contributed by atoms with Gasteiger partial charge < -0.3 is 24.6 Å². The molecule has 0 unspecified atom stereocenters. The van der Waals surface area contributed by atoms with Crippen LogP contribution in [0.15, 0.2) is 36.5 Å². The predicted octanol–water partition coefficient (Wildman–Crippen LogP) is 4.08. The Kier molecular flexibility index (Phi) is 6.06. The predicted molar refractivity (Wildman–Crippen MR) is 142 cm³/mol. The number of benzene rings is 1. The second-order valence-corrected chi connectivity index (χ2v) is 10.4. The van der Waals surface area contributed by atoms with Crippen molar-refractivity contribution in [2.75, 3.05) is 68.7 Å². The molecule has 2 aromatic heterocycles. The van der Waals surface area contributed by atoms with Crippen molar-refractivity contribution in [1.82, 2.24) is 19.8 Å². The van der Waals surface area contributed by atoms with Crippen LogP contribution in [0.25, 0.3) is 22.3 Å². The number of piperazine rings is 2. The molecule has 0 radical (unpaired) electrons. The van der Waals surface area contributed by atoms with Gasteiger partial charge in [-0.25, -0.2) is 4.98 Å². The lowest BCUT2D eigenvalue weighted by atomic mass is 10.1. The number of hydrogen-bond donors (Lipinski definition) is 1. The van der Waals surface area contributed by atoms with Crippen molar-refractivity contribution in [2.45, 2.75) is 19.8 Å². The summed E-state index contributed by atoms with van der Waals surface area (Å²) in [5.74, 6) is 0.636. The molecule has 7 nitrogen and oxygen atoms in total. The van der Waals surface area contributed by atoms with Crippen LogP contribution in [-0.4, -0.2) is 84.6 Å². The summed E-state index contributed by atoms with van der Waals surface area (Å²) in [6.45, 7) is 10.8. The fourth-order valence-corrected chi connectivity index (χ4v) is 5.71. The summed E-state index contributed by atoms with van der Waals surface area (Å²) in [6, 6.07) is 10.6. The first-order valence-corrected chi connectivity index (χ1v) is 13.3. The van der Waals surface area contributed by atoms with Gasteiger partial charge in [-0.1, -0.05) is 18.5 Å². The van der Waals surface area contributed by atoms with E-state index in [0.29, 0.717) is 11.8 Å². The second-order valence-electron chi connectivity index (χ2n) is 9.95. The van der Waals surface area contributed by atoms with E-state index in [2.05, 4.69) is 61.9 Å². The van der Waals surface area contributed by atoms with E-state index in [1.54, 1.807) is 0 Å². The molecule has 35 heavy (non-hydrogen) atoms. The van der Waals surface area contributed by atoms with E-state index in [-0.39, 0.29) is 0 Å². The van der Waals surface area contributed by atoms with E-state index < -0.39 is 0 Å². The topological polar surface area (TPSA) is 58.7 Å². The number of aromatic amines is 1. The Labute approximate surface area is 211 Å². The van der Waals surface area contributed by atoms with E-state index in [1.807, 2.05) is 11.1 Å². The standard InChI is InChI=1S/C27H33ClN6O/c1-2-31-9-11-32(12-10-31)20-5-6-21(23(28)17-20)24-18-22-25(7-8-29-26(22)30-24)33-13-15-34(16-14-33)27(35)19-3-4-19/h5-8,17-19H,2-4,9-16H2,1H3,(H,29,30). The minimum absolute atomic E-state index is 0.290. The summed E-state index contributed by atoms with van der Waals surface area (Å²) in [7, 11) is 0. The Morgan fingerprint density at radius 1 is 1.00 bits per heavy atom. The lowest BCUT2D eigenvalue weighted by molar-refractivity contribution is -0.132. The highest BCUT2D eigenvalue weighted by atomic mass is 35.5. The average Bonchev–Trinajstić information content (AvgIpc) is 3.66. The molecule has 4 heterocycles. The zero-order valence-corrected chi connectivity index (χ0v) is 21.1. The number of halogens is 1. The Morgan fingerprint density at radius 3 is 2.43 bits per heavy atom. The minimum Gasteiger partial charge on any atom is -0.369 e. The maximum Gasteiger partial charge on any atom is 0.225 e. The van der Waals surface area contributed by atoms with Gasteiger partial charge in [-0.05, 0) is 49.7 Å². The molecular formula is C27H33ClN6O. The molecule has 184 valence electrons. The van der Waals surface area contributed by atoms with Crippen molar-refractivity contribution in [3.63, 3.8) is 0 Å². The van der Waals surface area contributed by atoms with E-state index in [1.165, 1.54) is 5.69 Å². The summed E-state index contributed by atoms with van der Waals surface area (Å²) < 4.78 is 0. The fraction of sp³-hybridized carbons (Fsp3) is 0.481. The molecule has 1 aromatic carbocycles. The summed E-state index contributed by atoms with van der Waals surface area (Å²) in [6.07, 6.45) is 3.99. The lowest BCUT2D eigenvalue weighted by Crippen LogP contribution is -2.49. The Balaban J connectivity index is 1.21. The number of likely N-dealkylation sites (N-methyl/N-ethyl adjacent to an activating group) is 1. The zero-order chi connectivity index (χ0) is 23.9. The smallest absolute Gasteiger partial charge is 0.225 e. The number of amides is 1. The molecule has 0 atom stereocenters. The van der Waals surface area contributed by atoms with E-state index in [4.69, 9.17) is 11.6 Å². The molecule has 3 aromatic rings. The maximum atomic E-state index is 12.4. The molecule has 1 amide bonds. The first kappa shape index (κ1) is 22.7. The number of fused-ring (bicyclic) bond motifs is 1. The normalized spacial score (nSPS) is 19.5. The number of anilines is 2.